The molecule has 0 aliphatic heterocycles. The third kappa shape index (κ3) is 6.48. The molecule has 0 saturated carbocycles. The van der Waals surface area contributed by atoms with E-state index in [2.05, 4.69) is 25.8 Å². The maximum Gasteiger partial charge on any atom is 0.408 e. The summed E-state index contributed by atoms with van der Waals surface area (Å²) in [6.45, 7) is 0.0841. The van der Waals surface area contributed by atoms with Crippen molar-refractivity contribution in [1.29, 1.82) is 0 Å². The summed E-state index contributed by atoms with van der Waals surface area (Å²) in [5, 5.41) is 15.9. The third-order valence-electron chi connectivity index (χ3n) is 4.06. The van der Waals surface area contributed by atoms with Gasteiger partial charge in [0.2, 0.25) is 0 Å². The molecule has 3 rings (SSSR count). The Morgan fingerprint density at radius 2 is 2.03 bits per heavy atom. The van der Waals surface area contributed by atoms with E-state index in [9.17, 15) is 14.7 Å². The molecule has 0 bridgehead atoms. The van der Waals surface area contributed by atoms with E-state index in [-0.39, 0.29) is 18.8 Å². The van der Waals surface area contributed by atoms with E-state index >= 15 is 0 Å². The number of amides is 2. The number of phenols is 1. The number of nitrogens with one attached hydrogen (secondary N) is 3. The zero-order valence-corrected chi connectivity index (χ0v) is 16.0. The van der Waals surface area contributed by atoms with Crippen molar-refractivity contribution < 1.29 is 19.4 Å². The number of H-pyrrole nitrogens is 1. The molecule has 1 atom stereocenters. The highest BCUT2D eigenvalue weighted by molar-refractivity contribution is 5.87. The first-order chi connectivity index (χ1) is 14.6. The van der Waals surface area contributed by atoms with E-state index < -0.39 is 18.0 Å². The quantitative estimate of drug-likeness (QED) is 0.336. The monoisotopic (exact) mass is 407 g/mol. The normalized spacial score (nSPS) is 11.7. The molecule has 2 aromatic carbocycles. The van der Waals surface area contributed by atoms with Gasteiger partial charge in [-0.2, -0.15) is 5.10 Å². The Morgan fingerprint density at radius 3 is 2.77 bits per heavy atom. The minimum Gasteiger partial charge on any atom is -0.508 e. The van der Waals surface area contributed by atoms with Crippen molar-refractivity contribution in [3.05, 3.63) is 83.9 Å². The Bertz CT molecular complexity index is 990. The fourth-order valence-corrected chi connectivity index (χ4v) is 2.59. The second-order valence-corrected chi connectivity index (χ2v) is 6.37. The van der Waals surface area contributed by atoms with Crippen molar-refractivity contribution in [3.8, 4) is 5.75 Å². The van der Waals surface area contributed by atoms with Crippen molar-refractivity contribution in [2.24, 2.45) is 5.10 Å². The molecule has 9 nitrogen and oxygen atoms in total. The van der Waals surface area contributed by atoms with Crippen LogP contribution >= 0.6 is 0 Å². The maximum absolute atomic E-state index is 12.6. The Morgan fingerprint density at radius 1 is 1.20 bits per heavy atom. The molecular formula is C21H21N5O4. The van der Waals surface area contributed by atoms with E-state index in [1.54, 1.807) is 18.3 Å². The number of ether oxygens (including phenoxy) is 1. The lowest BCUT2D eigenvalue weighted by atomic mass is 10.1. The van der Waals surface area contributed by atoms with Crippen LogP contribution in [0.5, 0.6) is 5.75 Å². The highest BCUT2D eigenvalue weighted by Gasteiger charge is 2.22. The number of hydrogen-bond donors (Lipinski definition) is 4. The molecule has 0 unspecified atom stereocenters. The number of aromatic hydroxyl groups is 1. The Labute approximate surface area is 172 Å². The van der Waals surface area contributed by atoms with Crippen molar-refractivity contribution in [2.45, 2.75) is 19.1 Å². The summed E-state index contributed by atoms with van der Waals surface area (Å²) in [5.41, 5.74) is 4.49. The third-order valence-corrected chi connectivity index (χ3v) is 4.06. The van der Waals surface area contributed by atoms with Crippen LogP contribution in [-0.2, 0) is 22.6 Å². The summed E-state index contributed by atoms with van der Waals surface area (Å²) in [4.78, 5) is 31.6. The van der Waals surface area contributed by atoms with Crippen LogP contribution in [0, 0.1) is 0 Å². The summed E-state index contributed by atoms with van der Waals surface area (Å²) < 4.78 is 5.19. The average molecular weight is 407 g/mol. The molecule has 1 aromatic heterocycles. The van der Waals surface area contributed by atoms with Crippen LogP contribution < -0.4 is 10.7 Å². The van der Waals surface area contributed by atoms with Gasteiger partial charge >= 0.3 is 6.09 Å². The molecule has 3 aromatic rings. The van der Waals surface area contributed by atoms with Crippen molar-refractivity contribution >= 4 is 18.2 Å². The number of rotatable bonds is 8. The summed E-state index contributed by atoms with van der Waals surface area (Å²) in [5.74, 6) is -0.442. The SMILES string of the molecule is O=C(N[C@@H](Cc1cnc[nH]1)C(=O)N/N=C\c1cccc(O)c1)OCc1ccccc1. The molecule has 0 saturated heterocycles. The van der Waals surface area contributed by atoms with Crippen LogP contribution in [0.4, 0.5) is 4.79 Å². The van der Waals surface area contributed by atoms with Crippen LogP contribution in [-0.4, -0.2) is 39.3 Å². The van der Waals surface area contributed by atoms with E-state index in [0.29, 0.717) is 11.3 Å². The van der Waals surface area contributed by atoms with Gasteiger partial charge in [-0.3, -0.25) is 4.79 Å². The molecule has 2 amide bonds. The molecule has 4 N–H and O–H groups in total. The van der Waals surface area contributed by atoms with Crippen LogP contribution in [0.15, 0.2) is 72.2 Å². The predicted octanol–water partition coefficient (Wildman–Crippen LogP) is 2.10. The number of phenolic OH excluding ortho intramolecular Hbond substituents is 1. The first kappa shape index (κ1) is 20.6. The van der Waals surface area contributed by atoms with Gasteiger partial charge in [0, 0.05) is 18.3 Å². The smallest absolute Gasteiger partial charge is 0.408 e. The van der Waals surface area contributed by atoms with Gasteiger partial charge in [-0.25, -0.2) is 15.2 Å². The van der Waals surface area contributed by atoms with Gasteiger partial charge in [0.1, 0.15) is 18.4 Å². The van der Waals surface area contributed by atoms with Gasteiger partial charge in [-0.1, -0.05) is 42.5 Å². The standard InChI is InChI=1S/C21H21N5O4/c27-18-8-4-7-16(9-18)11-24-26-20(28)19(10-17-12-22-14-23-17)25-21(29)30-13-15-5-2-1-3-6-15/h1-9,11-12,14,19,27H,10,13H2,(H,22,23)(H,25,29)(H,26,28)/b24-11-/t19-/m0/s1. The molecule has 0 fully saturated rings. The Hall–Kier alpha value is -4.14. The number of hydrogen-bond acceptors (Lipinski definition) is 6. The van der Waals surface area contributed by atoms with Crippen molar-refractivity contribution in [3.63, 3.8) is 0 Å². The number of benzene rings is 2. The number of nitrogens with zero attached hydrogens (tertiary/aromatic N) is 2. The Kier molecular flexibility index (Phi) is 7.15. The predicted molar refractivity (Wildman–Crippen MR) is 110 cm³/mol. The van der Waals surface area contributed by atoms with E-state index in [1.165, 1.54) is 24.7 Å². The molecule has 0 aliphatic carbocycles. The first-order valence-electron chi connectivity index (χ1n) is 9.16. The van der Waals surface area contributed by atoms with Crippen LogP contribution in [0.3, 0.4) is 0 Å². The maximum atomic E-state index is 12.6. The van der Waals surface area contributed by atoms with Gasteiger partial charge < -0.3 is 20.1 Å². The number of aromatic amines is 1. The summed E-state index contributed by atoms with van der Waals surface area (Å²) in [6, 6.07) is 14.7. The largest absolute Gasteiger partial charge is 0.508 e. The fourth-order valence-electron chi connectivity index (χ4n) is 2.59. The molecule has 30 heavy (non-hydrogen) atoms. The van der Waals surface area contributed by atoms with Gasteiger partial charge in [0.15, 0.2) is 0 Å². The second kappa shape index (κ2) is 10.4. The lowest BCUT2D eigenvalue weighted by Crippen LogP contribution is -2.47. The molecule has 9 heteroatoms. The van der Waals surface area contributed by atoms with E-state index in [0.717, 1.165) is 5.56 Å². The zero-order chi connectivity index (χ0) is 21.2. The van der Waals surface area contributed by atoms with Crippen molar-refractivity contribution in [2.75, 3.05) is 0 Å². The number of hydrazone groups is 1. The molecular weight excluding hydrogens is 386 g/mol. The number of carbonyl (C=O) groups excluding carboxylic acids is 2. The molecule has 154 valence electrons. The minimum absolute atomic E-state index is 0.0841. The second-order valence-electron chi connectivity index (χ2n) is 6.37. The summed E-state index contributed by atoms with van der Waals surface area (Å²) in [6.07, 6.45) is 3.88. The van der Waals surface area contributed by atoms with Crippen LogP contribution in [0.2, 0.25) is 0 Å². The fraction of sp³-hybridized carbons (Fsp3) is 0.143. The number of carbonyl (C=O) groups is 2. The number of imidazole rings is 1. The van der Waals surface area contributed by atoms with Crippen molar-refractivity contribution in [1.82, 2.24) is 20.7 Å². The average Bonchev–Trinajstić information content (AvgIpc) is 3.26. The lowest BCUT2D eigenvalue weighted by Gasteiger charge is -2.16. The highest BCUT2D eigenvalue weighted by Crippen LogP contribution is 2.08. The van der Waals surface area contributed by atoms with Gasteiger partial charge in [-0.05, 0) is 23.3 Å². The highest BCUT2D eigenvalue weighted by atomic mass is 16.5. The molecule has 0 spiro atoms. The zero-order valence-electron chi connectivity index (χ0n) is 16.0. The number of aromatic nitrogens is 2. The topological polar surface area (TPSA) is 129 Å². The number of alkyl carbamates (subject to hydrolysis) is 1. The first-order valence-corrected chi connectivity index (χ1v) is 9.16. The summed E-state index contributed by atoms with van der Waals surface area (Å²) in [7, 11) is 0. The lowest BCUT2D eigenvalue weighted by molar-refractivity contribution is -0.123. The molecule has 1 heterocycles. The van der Waals surface area contributed by atoms with Gasteiger partial charge in [0.05, 0.1) is 12.5 Å². The van der Waals surface area contributed by atoms with E-state index in [1.807, 2.05) is 30.3 Å². The van der Waals surface area contributed by atoms with Gasteiger partial charge in [-0.15, -0.1) is 0 Å². The summed E-state index contributed by atoms with van der Waals surface area (Å²) >= 11 is 0. The van der Waals surface area contributed by atoms with Crippen LogP contribution in [0.25, 0.3) is 0 Å². The van der Waals surface area contributed by atoms with Gasteiger partial charge in [0.25, 0.3) is 5.91 Å². The Balaban J connectivity index is 1.59. The minimum atomic E-state index is -0.935. The molecule has 0 radical (unpaired) electrons. The van der Waals surface area contributed by atoms with Crippen LogP contribution in [0.1, 0.15) is 16.8 Å². The van der Waals surface area contributed by atoms with E-state index in [4.69, 9.17) is 4.74 Å². The molecule has 0 aliphatic rings.